The molecule has 0 spiro atoms. The van der Waals surface area contributed by atoms with Crippen molar-refractivity contribution in [2.75, 3.05) is 24.2 Å². The van der Waals surface area contributed by atoms with E-state index in [1.165, 1.54) is 0 Å². The van der Waals surface area contributed by atoms with Gasteiger partial charge in [0.2, 0.25) is 0 Å². The summed E-state index contributed by atoms with van der Waals surface area (Å²) in [4.78, 5) is 22.0. The molecule has 0 aliphatic rings. The number of rotatable bonds is 8. The second kappa shape index (κ2) is 7.36. The molecule has 1 rings (SSSR count). The SMILES string of the molecule is CCCN(CCC)c1cc([N+](=O)[O-])c(S(C)(=O)=O)cc1[N+](=O)[O-]. The summed E-state index contributed by atoms with van der Waals surface area (Å²) >= 11 is 0. The summed E-state index contributed by atoms with van der Waals surface area (Å²) in [5.74, 6) is 0. The zero-order valence-corrected chi connectivity index (χ0v) is 14.0. The Kier molecular flexibility index (Phi) is 6.02. The molecule has 23 heavy (non-hydrogen) atoms. The van der Waals surface area contributed by atoms with Gasteiger partial charge in [0.25, 0.3) is 11.4 Å². The molecule has 0 aliphatic carbocycles. The molecule has 128 valence electrons. The van der Waals surface area contributed by atoms with Crippen molar-refractivity contribution in [2.45, 2.75) is 31.6 Å². The highest BCUT2D eigenvalue weighted by molar-refractivity contribution is 7.90. The van der Waals surface area contributed by atoms with Crippen LogP contribution in [0.15, 0.2) is 17.0 Å². The lowest BCUT2D eigenvalue weighted by Crippen LogP contribution is -2.26. The molecule has 1 aromatic rings. The average Bonchev–Trinajstić information content (AvgIpc) is 2.44. The molecule has 0 heterocycles. The van der Waals surface area contributed by atoms with Gasteiger partial charge in [-0.05, 0) is 12.8 Å². The first-order valence-electron chi connectivity index (χ1n) is 7.05. The maximum absolute atomic E-state index is 11.7. The number of sulfone groups is 1. The van der Waals surface area contributed by atoms with Gasteiger partial charge in [0.1, 0.15) is 5.69 Å². The quantitative estimate of drug-likeness (QED) is 0.523. The Bertz CT molecular complexity index is 711. The fourth-order valence-electron chi connectivity index (χ4n) is 2.28. The predicted molar refractivity (Wildman–Crippen MR) is 85.7 cm³/mol. The third-order valence-corrected chi connectivity index (χ3v) is 4.30. The van der Waals surface area contributed by atoms with Gasteiger partial charge in [-0.25, -0.2) is 8.42 Å². The molecule has 0 fully saturated rings. The molecule has 0 unspecified atom stereocenters. The fourth-order valence-corrected chi connectivity index (χ4v) is 3.12. The monoisotopic (exact) mass is 345 g/mol. The molecule has 0 aromatic heterocycles. The Morgan fingerprint density at radius 1 is 1.00 bits per heavy atom. The average molecular weight is 345 g/mol. The van der Waals surface area contributed by atoms with Crippen LogP contribution in [0.25, 0.3) is 0 Å². The number of hydrogen-bond donors (Lipinski definition) is 0. The summed E-state index contributed by atoms with van der Waals surface area (Å²) in [5.41, 5.74) is -1.03. The molecule has 0 aliphatic heterocycles. The van der Waals surface area contributed by atoms with Crippen LogP contribution in [0, 0.1) is 20.2 Å². The molecule has 0 bridgehead atoms. The van der Waals surface area contributed by atoms with Gasteiger partial charge >= 0.3 is 0 Å². The molecule has 0 atom stereocenters. The molecule has 0 radical (unpaired) electrons. The minimum absolute atomic E-state index is 0.0674. The number of hydrogen-bond acceptors (Lipinski definition) is 7. The Balaban J connectivity index is 3.72. The van der Waals surface area contributed by atoms with Gasteiger partial charge in [-0.15, -0.1) is 0 Å². The molecule has 0 amide bonds. The molecule has 10 heteroatoms. The Labute approximate surface area is 134 Å². The Morgan fingerprint density at radius 3 is 1.83 bits per heavy atom. The molecule has 0 saturated heterocycles. The van der Waals surface area contributed by atoms with Crippen LogP contribution in [0.1, 0.15) is 26.7 Å². The van der Waals surface area contributed by atoms with Crippen molar-refractivity contribution in [1.82, 2.24) is 0 Å². The van der Waals surface area contributed by atoms with E-state index in [2.05, 4.69) is 0 Å². The van der Waals surface area contributed by atoms with Crippen molar-refractivity contribution in [3.05, 3.63) is 32.4 Å². The van der Waals surface area contributed by atoms with E-state index in [0.29, 0.717) is 25.9 Å². The number of nitro groups is 2. The van der Waals surface area contributed by atoms with E-state index in [4.69, 9.17) is 0 Å². The second-order valence-electron chi connectivity index (χ2n) is 5.08. The molecule has 9 nitrogen and oxygen atoms in total. The normalized spacial score (nSPS) is 11.3. The van der Waals surface area contributed by atoms with Gasteiger partial charge in [-0.3, -0.25) is 20.2 Å². The number of nitro benzene ring substituents is 2. The minimum atomic E-state index is -3.97. The van der Waals surface area contributed by atoms with Crippen LogP contribution >= 0.6 is 0 Å². The summed E-state index contributed by atoms with van der Waals surface area (Å²) in [6.45, 7) is 4.72. The summed E-state index contributed by atoms with van der Waals surface area (Å²) in [5, 5.41) is 22.5. The zero-order valence-electron chi connectivity index (χ0n) is 13.2. The number of anilines is 1. The van der Waals surface area contributed by atoms with E-state index in [-0.39, 0.29) is 5.69 Å². The van der Waals surface area contributed by atoms with E-state index < -0.39 is 36.0 Å². The van der Waals surface area contributed by atoms with Crippen LogP contribution in [0.5, 0.6) is 0 Å². The van der Waals surface area contributed by atoms with Crippen molar-refractivity contribution in [2.24, 2.45) is 0 Å². The lowest BCUT2D eigenvalue weighted by atomic mass is 10.2. The van der Waals surface area contributed by atoms with Crippen molar-refractivity contribution in [1.29, 1.82) is 0 Å². The third-order valence-electron chi connectivity index (χ3n) is 3.18. The maximum Gasteiger partial charge on any atom is 0.294 e. The van der Waals surface area contributed by atoms with Crippen molar-refractivity contribution in [3.8, 4) is 0 Å². The summed E-state index contributed by atoms with van der Waals surface area (Å²) in [6.07, 6.45) is 2.17. The number of nitrogens with zero attached hydrogens (tertiary/aromatic N) is 3. The summed E-state index contributed by atoms with van der Waals surface area (Å²) < 4.78 is 23.4. The molecular weight excluding hydrogens is 326 g/mol. The van der Waals surface area contributed by atoms with Crippen molar-refractivity contribution in [3.63, 3.8) is 0 Å². The lowest BCUT2D eigenvalue weighted by Gasteiger charge is -2.23. The molecule has 1 aromatic carbocycles. The highest BCUT2D eigenvalue weighted by Crippen LogP contribution is 2.37. The van der Waals surface area contributed by atoms with E-state index in [9.17, 15) is 28.6 Å². The largest absolute Gasteiger partial charge is 0.366 e. The standard InChI is InChI=1S/C13H19N3O6S/c1-4-6-14(7-5-2)10-8-12(16(19)20)13(23(3,21)22)9-11(10)15(17)18/h8-9H,4-7H2,1-3H3. The van der Waals surface area contributed by atoms with Gasteiger partial charge in [-0.1, -0.05) is 13.8 Å². The first kappa shape index (κ1) is 18.8. The van der Waals surface area contributed by atoms with E-state index in [0.717, 1.165) is 18.4 Å². The zero-order chi connectivity index (χ0) is 17.8. The first-order chi connectivity index (χ1) is 10.6. The van der Waals surface area contributed by atoms with E-state index in [1.54, 1.807) is 4.90 Å². The predicted octanol–water partition coefficient (Wildman–Crippen LogP) is 2.53. The highest BCUT2D eigenvalue weighted by atomic mass is 32.2. The van der Waals surface area contributed by atoms with Crippen LogP contribution in [0.3, 0.4) is 0 Å². The highest BCUT2D eigenvalue weighted by Gasteiger charge is 2.31. The van der Waals surface area contributed by atoms with E-state index >= 15 is 0 Å². The maximum atomic E-state index is 11.7. The third kappa shape index (κ3) is 4.38. The van der Waals surface area contributed by atoms with Gasteiger partial charge in [0.05, 0.1) is 9.85 Å². The van der Waals surface area contributed by atoms with Crippen LogP contribution in [-0.2, 0) is 9.84 Å². The fraction of sp³-hybridized carbons (Fsp3) is 0.538. The minimum Gasteiger partial charge on any atom is -0.366 e. The molecule has 0 saturated carbocycles. The van der Waals surface area contributed by atoms with Crippen LogP contribution in [-0.4, -0.2) is 37.6 Å². The van der Waals surface area contributed by atoms with E-state index in [1.807, 2.05) is 13.8 Å². The van der Waals surface area contributed by atoms with Crippen molar-refractivity contribution >= 4 is 26.9 Å². The van der Waals surface area contributed by atoms with Gasteiger partial charge < -0.3 is 4.90 Å². The first-order valence-corrected chi connectivity index (χ1v) is 8.94. The van der Waals surface area contributed by atoms with Gasteiger partial charge in [-0.2, -0.15) is 0 Å². The van der Waals surface area contributed by atoms with Crippen LogP contribution in [0.4, 0.5) is 17.1 Å². The summed E-state index contributed by atoms with van der Waals surface area (Å²) in [6, 6.07) is 1.76. The van der Waals surface area contributed by atoms with Crippen LogP contribution < -0.4 is 4.90 Å². The smallest absolute Gasteiger partial charge is 0.294 e. The summed E-state index contributed by atoms with van der Waals surface area (Å²) in [7, 11) is -3.97. The lowest BCUT2D eigenvalue weighted by molar-refractivity contribution is -0.391. The Morgan fingerprint density at radius 2 is 1.48 bits per heavy atom. The van der Waals surface area contributed by atoms with Gasteiger partial charge in [0.15, 0.2) is 14.7 Å². The molecular formula is C13H19N3O6S. The van der Waals surface area contributed by atoms with Gasteiger partial charge in [0, 0.05) is 31.5 Å². The van der Waals surface area contributed by atoms with Crippen LogP contribution in [0.2, 0.25) is 0 Å². The van der Waals surface area contributed by atoms with Crippen molar-refractivity contribution < 1.29 is 18.3 Å². The Hall–Kier alpha value is -2.23. The molecule has 0 N–H and O–H groups in total. The second-order valence-corrected chi connectivity index (χ2v) is 7.07. The number of benzene rings is 1. The topological polar surface area (TPSA) is 124 Å².